The van der Waals surface area contributed by atoms with Gasteiger partial charge in [-0.1, -0.05) is 37.0 Å². The van der Waals surface area contributed by atoms with E-state index < -0.39 is 0 Å². The molecule has 0 atom stereocenters. The molecule has 0 amide bonds. The molecule has 3 aliphatic heterocycles. The number of anilines is 2. The number of pyridine rings is 2. The molecular formula is C28H37Cl2N5O4. The van der Waals surface area contributed by atoms with Gasteiger partial charge in [0.05, 0.1) is 68.5 Å². The maximum absolute atomic E-state index is 6.57. The van der Waals surface area contributed by atoms with Crippen LogP contribution in [0.1, 0.15) is 26.7 Å². The maximum atomic E-state index is 6.57. The van der Waals surface area contributed by atoms with Crippen LogP contribution in [0.25, 0.3) is 22.0 Å². The predicted octanol–water partition coefficient (Wildman–Crippen LogP) is 5.52. The Bertz CT molecular complexity index is 1240. The standard InChI is InChI=1S/C19H18Cl2N4O3.C7H13NO.C2H6/c1-26-13-5-14(27-2)18(21)16(17(13)20)12-3-9-6-23-15(22)4-11(9)19(25-12)24-10-7-28-8-10;1-2-4-8(3-1)7-5-9-6-7;1-2/h3-6,10H,7-8H2,1-2H3,(H2,22,23)(H,24,25);7H,1-6H2;1-2H3. The number of hydrogen-bond acceptors (Lipinski definition) is 9. The number of nitrogens with zero attached hydrogens (tertiary/aromatic N) is 3. The highest BCUT2D eigenvalue weighted by atomic mass is 35.5. The van der Waals surface area contributed by atoms with Crippen LogP contribution in [0.2, 0.25) is 10.0 Å². The van der Waals surface area contributed by atoms with Crippen LogP contribution in [0, 0.1) is 0 Å². The van der Waals surface area contributed by atoms with Gasteiger partial charge in [-0.3, -0.25) is 4.90 Å². The van der Waals surface area contributed by atoms with E-state index in [4.69, 9.17) is 52.9 Å². The fraction of sp³-hybridized carbons (Fsp3) is 0.500. The zero-order valence-electron chi connectivity index (χ0n) is 22.9. The molecule has 6 rings (SSSR count). The summed E-state index contributed by atoms with van der Waals surface area (Å²) in [5.41, 5.74) is 6.96. The van der Waals surface area contributed by atoms with Crippen molar-refractivity contribution in [3.05, 3.63) is 34.4 Å². The molecule has 3 N–H and O–H groups in total. The zero-order valence-corrected chi connectivity index (χ0v) is 24.4. The summed E-state index contributed by atoms with van der Waals surface area (Å²) in [5, 5.41) is 5.78. The lowest BCUT2D eigenvalue weighted by atomic mass is 10.1. The largest absolute Gasteiger partial charge is 0.495 e. The van der Waals surface area contributed by atoms with Crippen LogP contribution in [0.3, 0.4) is 0 Å². The zero-order chi connectivity index (χ0) is 27.9. The Morgan fingerprint density at radius 2 is 1.56 bits per heavy atom. The highest BCUT2D eigenvalue weighted by Gasteiger charge is 2.27. The number of nitrogens with two attached hydrogens (primary N) is 1. The van der Waals surface area contributed by atoms with Crippen LogP contribution in [0.15, 0.2) is 24.4 Å². The molecule has 0 bridgehead atoms. The first-order chi connectivity index (χ1) is 19.0. The molecule has 0 aliphatic carbocycles. The SMILES string of the molecule is C1CCN(C2COC2)C1.CC.COc1cc(OC)c(Cl)c(-c2cc3cnc(N)cc3c(NC3COC3)n2)c1Cl. The van der Waals surface area contributed by atoms with Crippen LogP contribution < -0.4 is 20.5 Å². The molecule has 3 aliphatic rings. The van der Waals surface area contributed by atoms with Gasteiger partial charge in [0.15, 0.2) is 0 Å². The number of hydrogen-bond donors (Lipinski definition) is 2. The molecule has 2 aromatic heterocycles. The second-order valence-corrected chi connectivity index (χ2v) is 10.0. The van der Waals surface area contributed by atoms with Gasteiger partial charge in [0.2, 0.25) is 0 Å². The topological polar surface area (TPSA) is 104 Å². The molecule has 3 aromatic rings. The molecule has 5 heterocycles. The third-order valence-electron chi connectivity index (χ3n) is 6.82. The first-order valence-electron chi connectivity index (χ1n) is 13.3. The monoisotopic (exact) mass is 577 g/mol. The van der Waals surface area contributed by atoms with E-state index in [0.717, 1.165) is 30.0 Å². The van der Waals surface area contributed by atoms with Crippen molar-refractivity contribution < 1.29 is 18.9 Å². The summed E-state index contributed by atoms with van der Waals surface area (Å²) in [5.74, 6) is 1.95. The summed E-state index contributed by atoms with van der Waals surface area (Å²) in [6.45, 7) is 9.83. The number of aromatic nitrogens is 2. The number of ether oxygens (including phenoxy) is 4. The quantitative estimate of drug-likeness (QED) is 0.391. The Labute approximate surface area is 239 Å². The molecule has 9 nitrogen and oxygen atoms in total. The molecule has 0 radical (unpaired) electrons. The Balaban J connectivity index is 0.000000267. The number of methoxy groups -OCH3 is 2. The second-order valence-electron chi connectivity index (χ2n) is 9.28. The summed E-state index contributed by atoms with van der Waals surface area (Å²) in [7, 11) is 3.06. The fourth-order valence-electron chi connectivity index (χ4n) is 4.56. The van der Waals surface area contributed by atoms with E-state index in [1.54, 1.807) is 18.3 Å². The van der Waals surface area contributed by atoms with Crippen molar-refractivity contribution in [1.29, 1.82) is 0 Å². The van der Waals surface area contributed by atoms with Crippen molar-refractivity contribution >= 4 is 45.6 Å². The summed E-state index contributed by atoms with van der Waals surface area (Å²) < 4.78 is 21.1. The highest BCUT2D eigenvalue weighted by Crippen LogP contribution is 2.46. The normalized spacial score (nSPS) is 17.3. The summed E-state index contributed by atoms with van der Waals surface area (Å²) >= 11 is 13.1. The lowest BCUT2D eigenvalue weighted by Crippen LogP contribution is -2.47. The molecule has 0 spiro atoms. The van der Waals surface area contributed by atoms with Crippen LogP contribution in [-0.2, 0) is 9.47 Å². The van der Waals surface area contributed by atoms with Crippen molar-refractivity contribution in [2.75, 3.05) is 64.8 Å². The summed E-state index contributed by atoms with van der Waals surface area (Å²) in [4.78, 5) is 11.5. The Morgan fingerprint density at radius 3 is 2.08 bits per heavy atom. The molecule has 11 heteroatoms. The van der Waals surface area contributed by atoms with Gasteiger partial charge < -0.3 is 30.0 Å². The van der Waals surface area contributed by atoms with Crippen molar-refractivity contribution in [3.8, 4) is 22.8 Å². The molecule has 212 valence electrons. The number of rotatable bonds is 6. The van der Waals surface area contributed by atoms with Gasteiger partial charge in [-0.25, -0.2) is 9.97 Å². The van der Waals surface area contributed by atoms with Crippen LogP contribution in [0.4, 0.5) is 11.6 Å². The minimum absolute atomic E-state index is 0.172. The average Bonchev–Trinajstić information content (AvgIpc) is 3.41. The average molecular weight is 579 g/mol. The van der Waals surface area contributed by atoms with Gasteiger partial charge in [-0.05, 0) is 38.1 Å². The Hall–Kier alpha value is -2.56. The molecule has 0 unspecified atom stereocenters. The molecule has 3 fully saturated rings. The third kappa shape index (κ3) is 6.61. The van der Waals surface area contributed by atoms with E-state index in [0.29, 0.717) is 57.7 Å². The molecular weight excluding hydrogens is 541 g/mol. The van der Waals surface area contributed by atoms with E-state index in [1.165, 1.54) is 40.2 Å². The fourth-order valence-corrected chi connectivity index (χ4v) is 5.26. The number of nitrogen functional groups attached to an aromatic ring is 1. The first kappa shape index (κ1) is 29.4. The first-order valence-corrected chi connectivity index (χ1v) is 14.1. The highest BCUT2D eigenvalue weighted by molar-refractivity contribution is 6.41. The van der Waals surface area contributed by atoms with Crippen LogP contribution in [0.5, 0.6) is 11.5 Å². The Morgan fingerprint density at radius 1 is 0.949 bits per heavy atom. The number of likely N-dealkylation sites (tertiary alicyclic amines) is 1. The summed E-state index contributed by atoms with van der Waals surface area (Å²) in [6.07, 6.45) is 4.49. The molecule has 0 saturated carbocycles. The lowest BCUT2D eigenvalue weighted by Gasteiger charge is -2.34. The minimum Gasteiger partial charge on any atom is -0.495 e. The van der Waals surface area contributed by atoms with Gasteiger partial charge in [0.25, 0.3) is 0 Å². The third-order valence-corrected chi connectivity index (χ3v) is 7.57. The maximum Gasteiger partial charge on any atom is 0.141 e. The van der Waals surface area contributed by atoms with Crippen molar-refractivity contribution in [2.24, 2.45) is 0 Å². The lowest BCUT2D eigenvalue weighted by molar-refractivity contribution is -0.0569. The van der Waals surface area contributed by atoms with Crippen molar-refractivity contribution in [2.45, 2.75) is 38.8 Å². The minimum atomic E-state index is 0.172. The molecule has 3 saturated heterocycles. The van der Waals surface area contributed by atoms with E-state index in [-0.39, 0.29) is 6.04 Å². The van der Waals surface area contributed by atoms with E-state index in [2.05, 4.69) is 15.2 Å². The van der Waals surface area contributed by atoms with E-state index in [9.17, 15) is 0 Å². The number of nitrogens with one attached hydrogen (secondary N) is 1. The predicted molar refractivity (Wildman–Crippen MR) is 158 cm³/mol. The smallest absolute Gasteiger partial charge is 0.141 e. The van der Waals surface area contributed by atoms with Crippen LogP contribution >= 0.6 is 23.2 Å². The van der Waals surface area contributed by atoms with Gasteiger partial charge in [-0.15, -0.1) is 0 Å². The number of fused-ring (bicyclic) bond motifs is 1. The molecule has 1 aromatic carbocycles. The van der Waals surface area contributed by atoms with Gasteiger partial charge in [-0.2, -0.15) is 0 Å². The van der Waals surface area contributed by atoms with Crippen molar-refractivity contribution in [3.63, 3.8) is 0 Å². The second kappa shape index (κ2) is 13.7. The van der Waals surface area contributed by atoms with Crippen molar-refractivity contribution in [1.82, 2.24) is 14.9 Å². The molecule has 39 heavy (non-hydrogen) atoms. The van der Waals surface area contributed by atoms with Gasteiger partial charge >= 0.3 is 0 Å². The van der Waals surface area contributed by atoms with Gasteiger partial charge in [0, 0.05) is 28.6 Å². The summed E-state index contributed by atoms with van der Waals surface area (Å²) in [6, 6.07) is 6.24. The Kier molecular flexibility index (Phi) is 10.3. The van der Waals surface area contributed by atoms with Crippen LogP contribution in [-0.4, -0.2) is 80.7 Å². The van der Waals surface area contributed by atoms with E-state index in [1.807, 2.05) is 19.9 Å². The number of benzene rings is 1. The number of halogens is 2. The van der Waals surface area contributed by atoms with Gasteiger partial charge in [0.1, 0.15) is 23.1 Å². The van der Waals surface area contributed by atoms with E-state index >= 15 is 0 Å².